The van der Waals surface area contributed by atoms with E-state index in [0.717, 1.165) is 25.2 Å². The SMILES string of the molecule is CCN(CC)Cc1ccccc1CNC(=O)c1oc2c(F)cccc2c1C. The lowest BCUT2D eigenvalue weighted by Crippen LogP contribution is -2.26. The second kappa shape index (κ2) is 8.35. The normalized spacial score (nSPS) is 11.3. The summed E-state index contributed by atoms with van der Waals surface area (Å²) in [7, 11) is 0. The van der Waals surface area contributed by atoms with E-state index >= 15 is 0 Å². The Morgan fingerprint density at radius 2 is 1.78 bits per heavy atom. The van der Waals surface area contributed by atoms with E-state index in [1.807, 2.05) is 18.2 Å². The fourth-order valence-electron chi connectivity index (χ4n) is 3.25. The van der Waals surface area contributed by atoms with Gasteiger partial charge in [0.15, 0.2) is 17.2 Å². The lowest BCUT2D eigenvalue weighted by atomic mass is 10.1. The molecule has 0 unspecified atom stereocenters. The lowest BCUT2D eigenvalue weighted by Gasteiger charge is -2.20. The molecule has 1 heterocycles. The predicted molar refractivity (Wildman–Crippen MR) is 105 cm³/mol. The van der Waals surface area contributed by atoms with Crippen LogP contribution >= 0.6 is 0 Å². The Kier molecular flexibility index (Phi) is 5.91. The van der Waals surface area contributed by atoms with Crippen LogP contribution in [0.4, 0.5) is 4.39 Å². The highest BCUT2D eigenvalue weighted by Crippen LogP contribution is 2.27. The van der Waals surface area contributed by atoms with E-state index < -0.39 is 5.82 Å². The average Bonchev–Trinajstić information content (AvgIpc) is 3.03. The van der Waals surface area contributed by atoms with E-state index in [0.29, 0.717) is 17.5 Å². The zero-order valence-corrected chi connectivity index (χ0v) is 16.0. The van der Waals surface area contributed by atoms with Crippen molar-refractivity contribution in [2.75, 3.05) is 13.1 Å². The molecule has 1 aromatic heterocycles. The van der Waals surface area contributed by atoms with Crippen LogP contribution in [-0.4, -0.2) is 23.9 Å². The van der Waals surface area contributed by atoms with Gasteiger partial charge < -0.3 is 9.73 Å². The molecule has 0 aliphatic carbocycles. The van der Waals surface area contributed by atoms with E-state index in [4.69, 9.17) is 4.42 Å². The number of halogens is 1. The van der Waals surface area contributed by atoms with Gasteiger partial charge in [0.05, 0.1) is 0 Å². The first-order valence-corrected chi connectivity index (χ1v) is 9.30. The Morgan fingerprint density at radius 3 is 2.44 bits per heavy atom. The number of fused-ring (bicyclic) bond motifs is 1. The van der Waals surface area contributed by atoms with Gasteiger partial charge in [0, 0.05) is 24.0 Å². The summed E-state index contributed by atoms with van der Waals surface area (Å²) in [6.07, 6.45) is 0. The molecule has 27 heavy (non-hydrogen) atoms. The van der Waals surface area contributed by atoms with Gasteiger partial charge in [-0.25, -0.2) is 4.39 Å². The van der Waals surface area contributed by atoms with Crippen molar-refractivity contribution in [1.82, 2.24) is 10.2 Å². The number of furan rings is 1. The average molecular weight is 368 g/mol. The second-order valence-corrected chi connectivity index (χ2v) is 6.59. The highest BCUT2D eigenvalue weighted by Gasteiger charge is 2.19. The third-order valence-corrected chi connectivity index (χ3v) is 4.97. The van der Waals surface area contributed by atoms with Gasteiger partial charge in [-0.05, 0) is 37.2 Å². The molecule has 4 nitrogen and oxygen atoms in total. The molecule has 0 aliphatic rings. The van der Waals surface area contributed by atoms with E-state index in [9.17, 15) is 9.18 Å². The molecule has 142 valence electrons. The molecule has 0 saturated heterocycles. The molecule has 0 radical (unpaired) electrons. The number of benzene rings is 2. The molecule has 1 amide bonds. The molecular weight excluding hydrogens is 343 g/mol. The number of amides is 1. The predicted octanol–water partition coefficient (Wildman–Crippen LogP) is 4.65. The smallest absolute Gasteiger partial charge is 0.287 e. The highest BCUT2D eigenvalue weighted by molar-refractivity contribution is 5.98. The van der Waals surface area contributed by atoms with Gasteiger partial charge >= 0.3 is 0 Å². The van der Waals surface area contributed by atoms with E-state index in [2.05, 4.69) is 30.1 Å². The van der Waals surface area contributed by atoms with Gasteiger partial charge in [0.2, 0.25) is 0 Å². The third-order valence-electron chi connectivity index (χ3n) is 4.97. The maximum absolute atomic E-state index is 13.9. The maximum atomic E-state index is 13.9. The van der Waals surface area contributed by atoms with Gasteiger partial charge in [-0.1, -0.05) is 50.2 Å². The van der Waals surface area contributed by atoms with Crippen molar-refractivity contribution < 1.29 is 13.6 Å². The number of hydrogen-bond donors (Lipinski definition) is 1. The first-order valence-electron chi connectivity index (χ1n) is 9.30. The second-order valence-electron chi connectivity index (χ2n) is 6.59. The molecule has 0 atom stereocenters. The number of rotatable bonds is 7. The van der Waals surface area contributed by atoms with Gasteiger partial charge in [0.1, 0.15) is 0 Å². The Morgan fingerprint density at radius 1 is 1.07 bits per heavy atom. The van der Waals surface area contributed by atoms with Crippen molar-refractivity contribution in [2.45, 2.75) is 33.9 Å². The molecule has 0 aliphatic heterocycles. The van der Waals surface area contributed by atoms with Crippen LogP contribution in [0.3, 0.4) is 0 Å². The van der Waals surface area contributed by atoms with Crippen LogP contribution in [0, 0.1) is 12.7 Å². The summed E-state index contributed by atoms with van der Waals surface area (Å²) in [6.45, 7) is 9.23. The molecule has 3 rings (SSSR count). The summed E-state index contributed by atoms with van der Waals surface area (Å²) in [5.74, 6) is -0.628. The quantitative estimate of drug-likeness (QED) is 0.660. The Labute approximate surface area is 159 Å². The van der Waals surface area contributed by atoms with Crippen molar-refractivity contribution in [1.29, 1.82) is 0 Å². The van der Waals surface area contributed by atoms with Crippen molar-refractivity contribution in [3.05, 3.63) is 70.7 Å². The van der Waals surface area contributed by atoms with Crippen molar-refractivity contribution >= 4 is 16.9 Å². The van der Waals surface area contributed by atoms with Crippen LogP contribution in [0.1, 0.15) is 41.1 Å². The Balaban J connectivity index is 1.77. The summed E-state index contributed by atoms with van der Waals surface area (Å²) < 4.78 is 19.4. The van der Waals surface area contributed by atoms with Gasteiger partial charge in [-0.15, -0.1) is 0 Å². The number of aryl methyl sites for hydroxylation is 1. The van der Waals surface area contributed by atoms with Crippen molar-refractivity contribution in [3.63, 3.8) is 0 Å². The Hall–Kier alpha value is -2.66. The fraction of sp³-hybridized carbons (Fsp3) is 0.318. The molecule has 3 aromatic rings. The van der Waals surface area contributed by atoms with Crippen LogP contribution in [0.25, 0.3) is 11.0 Å². The van der Waals surface area contributed by atoms with Gasteiger partial charge in [-0.3, -0.25) is 9.69 Å². The van der Waals surface area contributed by atoms with Crippen LogP contribution in [-0.2, 0) is 13.1 Å². The van der Waals surface area contributed by atoms with Crippen LogP contribution in [0.5, 0.6) is 0 Å². The summed E-state index contributed by atoms with van der Waals surface area (Å²) in [6, 6.07) is 12.8. The van der Waals surface area contributed by atoms with E-state index in [-0.39, 0.29) is 17.3 Å². The number of carbonyl (C=O) groups excluding carboxylic acids is 1. The van der Waals surface area contributed by atoms with Crippen LogP contribution in [0.2, 0.25) is 0 Å². The monoisotopic (exact) mass is 368 g/mol. The summed E-state index contributed by atoms with van der Waals surface area (Å²) in [4.78, 5) is 15.0. The molecule has 0 fully saturated rings. The van der Waals surface area contributed by atoms with E-state index in [1.165, 1.54) is 11.6 Å². The van der Waals surface area contributed by atoms with Gasteiger partial charge in [0.25, 0.3) is 5.91 Å². The number of hydrogen-bond acceptors (Lipinski definition) is 3. The largest absolute Gasteiger partial charge is 0.448 e. The number of carbonyl (C=O) groups is 1. The first-order chi connectivity index (χ1) is 13.0. The van der Waals surface area contributed by atoms with Crippen molar-refractivity contribution in [2.24, 2.45) is 0 Å². The number of nitrogens with zero attached hydrogens (tertiary/aromatic N) is 1. The summed E-state index contributed by atoms with van der Waals surface area (Å²) in [5.41, 5.74) is 3.03. The highest BCUT2D eigenvalue weighted by atomic mass is 19.1. The topological polar surface area (TPSA) is 45.5 Å². The molecule has 1 N–H and O–H groups in total. The molecule has 0 bridgehead atoms. The van der Waals surface area contributed by atoms with Gasteiger partial charge in [-0.2, -0.15) is 0 Å². The van der Waals surface area contributed by atoms with Crippen LogP contribution in [0.15, 0.2) is 46.9 Å². The minimum atomic E-state index is -0.459. The Bertz CT molecular complexity index is 945. The molecular formula is C22H25FN2O2. The standard InChI is InChI=1S/C22H25FN2O2/c1-4-25(5-2)14-17-10-7-6-9-16(17)13-24-22(26)20-15(3)18-11-8-12-19(23)21(18)27-20/h6-12H,4-5,13-14H2,1-3H3,(H,24,26). The minimum Gasteiger partial charge on any atom is -0.448 e. The van der Waals surface area contributed by atoms with E-state index in [1.54, 1.807) is 19.1 Å². The fourth-order valence-corrected chi connectivity index (χ4v) is 3.25. The lowest BCUT2D eigenvalue weighted by molar-refractivity contribution is 0.0924. The zero-order valence-electron chi connectivity index (χ0n) is 16.0. The zero-order chi connectivity index (χ0) is 19.4. The van der Waals surface area contributed by atoms with Crippen molar-refractivity contribution in [3.8, 4) is 0 Å². The first kappa shape index (κ1) is 19.1. The molecule has 0 saturated carbocycles. The summed E-state index contributed by atoms with van der Waals surface area (Å²) in [5, 5.41) is 3.54. The van der Waals surface area contributed by atoms with Crippen LogP contribution < -0.4 is 5.32 Å². The third kappa shape index (κ3) is 4.03. The number of nitrogens with one attached hydrogen (secondary N) is 1. The minimum absolute atomic E-state index is 0.127. The maximum Gasteiger partial charge on any atom is 0.287 e. The molecule has 2 aromatic carbocycles. The molecule has 0 spiro atoms. The summed E-state index contributed by atoms with van der Waals surface area (Å²) >= 11 is 0. The molecule has 5 heteroatoms. The number of para-hydroxylation sites is 1.